The van der Waals surface area contributed by atoms with Gasteiger partial charge in [-0.1, -0.05) is 13.8 Å². The van der Waals surface area contributed by atoms with Crippen molar-refractivity contribution in [2.75, 3.05) is 6.61 Å². The van der Waals surface area contributed by atoms with Crippen molar-refractivity contribution >= 4 is 0 Å². The predicted octanol–water partition coefficient (Wildman–Crippen LogP) is 2.46. The maximum atomic E-state index is 5.75. The van der Waals surface area contributed by atoms with Crippen LogP contribution in [0.5, 0.6) is 0 Å². The molecule has 1 saturated carbocycles. The van der Waals surface area contributed by atoms with Crippen LogP contribution in [-0.4, -0.2) is 12.7 Å². The molecule has 64 valence electrons. The molecule has 0 bridgehead atoms. The number of hydrogen-bond acceptors (Lipinski definition) is 1. The van der Waals surface area contributed by atoms with E-state index in [9.17, 15) is 0 Å². The first-order valence-electron chi connectivity index (χ1n) is 4.90. The van der Waals surface area contributed by atoms with Gasteiger partial charge < -0.3 is 4.74 Å². The highest BCUT2D eigenvalue weighted by atomic mass is 16.5. The molecule has 1 heterocycles. The minimum atomic E-state index is 0.634. The lowest BCUT2D eigenvalue weighted by Crippen LogP contribution is -2.22. The maximum absolute atomic E-state index is 5.75. The quantitative estimate of drug-likeness (QED) is 0.563. The van der Waals surface area contributed by atoms with Crippen LogP contribution in [0.1, 0.15) is 33.1 Å². The molecule has 0 aromatic rings. The third kappa shape index (κ3) is 1.20. The van der Waals surface area contributed by atoms with Crippen molar-refractivity contribution in [1.82, 2.24) is 0 Å². The molecule has 1 heteroatoms. The van der Waals surface area contributed by atoms with Gasteiger partial charge in [-0.2, -0.15) is 0 Å². The van der Waals surface area contributed by atoms with Gasteiger partial charge in [-0.15, -0.1) is 0 Å². The Bertz CT molecular complexity index is 142. The fourth-order valence-corrected chi connectivity index (χ4v) is 2.72. The molecule has 2 rings (SSSR count). The van der Waals surface area contributed by atoms with Crippen molar-refractivity contribution < 1.29 is 4.74 Å². The van der Waals surface area contributed by atoms with Gasteiger partial charge in [0.15, 0.2) is 0 Å². The number of ether oxygens (including phenoxy) is 1. The number of hydrogen-bond donors (Lipinski definition) is 0. The third-order valence-electron chi connectivity index (χ3n) is 3.41. The zero-order valence-electron chi connectivity index (χ0n) is 7.55. The van der Waals surface area contributed by atoms with Crippen molar-refractivity contribution in [3.8, 4) is 0 Å². The molecule has 3 atom stereocenters. The van der Waals surface area contributed by atoms with Crippen LogP contribution < -0.4 is 0 Å². The van der Waals surface area contributed by atoms with Gasteiger partial charge in [0, 0.05) is 6.61 Å². The summed E-state index contributed by atoms with van der Waals surface area (Å²) in [4.78, 5) is 0. The van der Waals surface area contributed by atoms with Gasteiger partial charge in [0.05, 0.1) is 6.10 Å². The first-order chi connectivity index (χ1) is 5.29. The number of fused-ring (bicyclic) bond motifs is 1. The smallest absolute Gasteiger partial charge is 0.0634 e. The molecule has 1 saturated heterocycles. The summed E-state index contributed by atoms with van der Waals surface area (Å²) in [5.74, 6) is 2.60. The molecule has 2 fully saturated rings. The fraction of sp³-hybridized carbons (Fsp3) is 1.00. The molecule has 3 unspecified atom stereocenters. The first kappa shape index (κ1) is 7.60. The van der Waals surface area contributed by atoms with E-state index >= 15 is 0 Å². The lowest BCUT2D eigenvalue weighted by molar-refractivity contribution is 0.0495. The van der Waals surface area contributed by atoms with Crippen LogP contribution in [0.4, 0.5) is 0 Å². The molecule has 0 amide bonds. The van der Waals surface area contributed by atoms with Gasteiger partial charge in [-0.3, -0.25) is 0 Å². The summed E-state index contributed by atoms with van der Waals surface area (Å²) in [6.07, 6.45) is 4.80. The summed E-state index contributed by atoms with van der Waals surface area (Å²) in [6.45, 7) is 5.68. The minimum absolute atomic E-state index is 0.634. The normalized spacial score (nSPS) is 43.4. The Kier molecular flexibility index (Phi) is 1.92. The molecule has 1 aliphatic heterocycles. The van der Waals surface area contributed by atoms with Gasteiger partial charge in [-0.25, -0.2) is 0 Å². The van der Waals surface area contributed by atoms with Crippen LogP contribution in [-0.2, 0) is 4.74 Å². The molecular weight excluding hydrogens is 136 g/mol. The Labute approximate surface area is 69.1 Å². The van der Waals surface area contributed by atoms with Crippen molar-refractivity contribution in [2.45, 2.75) is 39.2 Å². The summed E-state index contributed by atoms with van der Waals surface area (Å²) >= 11 is 0. The van der Waals surface area contributed by atoms with Crippen LogP contribution in [0.25, 0.3) is 0 Å². The second kappa shape index (κ2) is 2.78. The zero-order chi connectivity index (χ0) is 7.84. The van der Waals surface area contributed by atoms with E-state index in [0.717, 1.165) is 24.4 Å². The van der Waals surface area contributed by atoms with E-state index < -0.39 is 0 Å². The van der Waals surface area contributed by atoms with E-state index in [1.807, 2.05) is 0 Å². The summed E-state index contributed by atoms with van der Waals surface area (Å²) in [5.41, 5.74) is 0. The SMILES string of the molecule is CC(C)C1CCC2CCOC21. The predicted molar refractivity (Wildman–Crippen MR) is 45.4 cm³/mol. The van der Waals surface area contributed by atoms with Crippen LogP contribution in [0.2, 0.25) is 0 Å². The van der Waals surface area contributed by atoms with Gasteiger partial charge >= 0.3 is 0 Å². The standard InChI is InChI=1S/C10H18O/c1-7(2)9-4-3-8-5-6-11-10(8)9/h7-10H,3-6H2,1-2H3. The van der Waals surface area contributed by atoms with Gasteiger partial charge in [0.1, 0.15) is 0 Å². The number of rotatable bonds is 1. The van der Waals surface area contributed by atoms with Crippen molar-refractivity contribution in [3.63, 3.8) is 0 Å². The maximum Gasteiger partial charge on any atom is 0.0634 e. The Morgan fingerprint density at radius 2 is 2.00 bits per heavy atom. The highest BCUT2D eigenvalue weighted by molar-refractivity contribution is 4.90. The van der Waals surface area contributed by atoms with Gasteiger partial charge in [0.25, 0.3) is 0 Å². The molecule has 1 aliphatic carbocycles. The molecule has 2 aliphatic rings. The molecule has 0 aromatic carbocycles. The molecule has 1 nitrogen and oxygen atoms in total. The minimum Gasteiger partial charge on any atom is -0.378 e. The van der Waals surface area contributed by atoms with E-state index in [4.69, 9.17) is 4.74 Å². The molecule has 0 N–H and O–H groups in total. The van der Waals surface area contributed by atoms with Crippen LogP contribution in [0.15, 0.2) is 0 Å². The monoisotopic (exact) mass is 154 g/mol. The van der Waals surface area contributed by atoms with Crippen molar-refractivity contribution in [2.24, 2.45) is 17.8 Å². The average molecular weight is 154 g/mol. The largest absolute Gasteiger partial charge is 0.378 e. The lowest BCUT2D eigenvalue weighted by atomic mass is 9.91. The topological polar surface area (TPSA) is 9.23 Å². The van der Waals surface area contributed by atoms with E-state index in [1.54, 1.807) is 0 Å². The van der Waals surface area contributed by atoms with Crippen molar-refractivity contribution in [1.29, 1.82) is 0 Å². The average Bonchev–Trinajstić information content (AvgIpc) is 2.41. The third-order valence-corrected chi connectivity index (χ3v) is 3.41. The molecule has 0 aromatic heterocycles. The Morgan fingerprint density at radius 1 is 1.18 bits per heavy atom. The lowest BCUT2D eigenvalue weighted by Gasteiger charge is -2.21. The summed E-state index contributed by atoms with van der Waals surface area (Å²) in [6, 6.07) is 0. The van der Waals surface area contributed by atoms with Crippen molar-refractivity contribution in [3.05, 3.63) is 0 Å². The highest BCUT2D eigenvalue weighted by Crippen LogP contribution is 2.42. The van der Waals surface area contributed by atoms with Crippen LogP contribution in [0.3, 0.4) is 0 Å². The molecule has 0 radical (unpaired) electrons. The Hall–Kier alpha value is -0.0400. The highest BCUT2D eigenvalue weighted by Gasteiger charge is 2.41. The van der Waals surface area contributed by atoms with Gasteiger partial charge in [-0.05, 0) is 37.0 Å². The van der Waals surface area contributed by atoms with E-state index in [0.29, 0.717) is 6.10 Å². The second-order valence-electron chi connectivity index (χ2n) is 4.37. The fourth-order valence-electron chi connectivity index (χ4n) is 2.72. The second-order valence-corrected chi connectivity index (χ2v) is 4.37. The summed E-state index contributed by atoms with van der Waals surface area (Å²) in [7, 11) is 0. The molecule has 11 heavy (non-hydrogen) atoms. The zero-order valence-corrected chi connectivity index (χ0v) is 7.55. The van der Waals surface area contributed by atoms with E-state index in [1.165, 1.54) is 19.3 Å². The first-order valence-corrected chi connectivity index (χ1v) is 4.90. The Balaban J connectivity index is 2.03. The summed E-state index contributed by atoms with van der Waals surface area (Å²) in [5, 5.41) is 0. The van der Waals surface area contributed by atoms with E-state index in [2.05, 4.69) is 13.8 Å². The van der Waals surface area contributed by atoms with Crippen LogP contribution >= 0.6 is 0 Å². The molecular formula is C10H18O. The summed E-state index contributed by atoms with van der Waals surface area (Å²) < 4.78 is 5.75. The van der Waals surface area contributed by atoms with Crippen LogP contribution in [0, 0.1) is 17.8 Å². The Morgan fingerprint density at radius 3 is 2.73 bits per heavy atom. The molecule has 0 spiro atoms. The van der Waals surface area contributed by atoms with Gasteiger partial charge in [0.2, 0.25) is 0 Å². The van der Waals surface area contributed by atoms with E-state index in [-0.39, 0.29) is 0 Å².